The molecule has 3 N–H and O–H groups in total. The molecule has 0 radical (unpaired) electrons. The summed E-state index contributed by atoms with van der Waals surface area (Å²) >= 11 is 0. The molecular formula is C16H28IN5O. The predicted molar refractivity (Wildman–Crippen MR) is 105 cm³/mol. The van der Waals surface area contributed by atoms with Crippen molar-refractivity contribution in [3.63, 3.8) is 0 Å². The van der Waals surface area contributed by atoms with Crippen LogP contribution in [0.3, 0.4) is 0 Å². The summed E-state index contributed by atoms with van der Waals surface area (Å²) in [4.78, 5) is 19.9. The van der Waals surface area contributed by atoms with Crippen LogP contribution in [0.25, 0.3) is 0 Å². The first kappa shape index (κ1) is 21.6. The maximum Gasteiger partial charge on any atom is 0.239 e. The first-order chi connectivity index (χ1) is 10.3. The van der Waals surface area contributed by atoms with Gasteiger partial charge in [0.05, 0.1) is 6.54 Å². The molecule has 0 aliphatic rings. The molecular weight excluding hydrogens is 405 g/mol. The predicted octanol–water partition coefficient (Wildman–Crippen LogP) is 1.63. The number of carbonyl (C=O) groups excluding carboxylic acids is 1. The van der Waals surface area contributed by atoms with Crippen molar-refractivity contribution in [3.05, 3.63) is 29.6 Å². The van der Waals surface area contributed by atoms with Gasteiger partial charge >= 0.3 is 0 Å². The SMILES string of the molecule is CN=C(NCCc1ccncc1C)NCC(=O)NC(C)(C)C.I. The Balaban J connectivity index is 0.00000484. The third-order valence-electron chi connectivity index (χ3n) is 2.98. The zero-order valence-corrected chi connectivity index (χ0v) is 16.9. The van der Waals surface area contributed by atoms with Crippen LogP contribution in [0.15, 0.2) is 23.5 Å². The van der Waals surface area contributed by atoms with E-state index in [2.05, 4.69) is 25.9 Å². The number of nitrogens with one attached hydrogen (secondary N) is 3. The van der Waals surface area contributed by atoms with Gasteiger partial charge in [-0.2, -0.15) is 0 Å². The van der Waals surface area contributed by atoms with Crippen molar-refractivity contribution in [1.29, 1.82) is 0 Å². The third-order valence-corrected chi connectivity index (χ3v) is 2.98. The number of pyridine rings is 1. The molecule has 6 nitrogen and oxygen atoms in total. The lowest BCUT2D eigenvalue weighted by Gasteiger charge is -2.21. The molecule has 1 aromatic heterocycles. The maximum atomic E-state index is 11.8. The van der Waals surface area contributed by atoms with Crippen LogP contribution in [-0.4, -0.2) is 42.5 Å². The van der Waals surface area contributed by atoms with Crippen LogP contribution in [0.4, 0.5) is 0 Å². The highest BCUT2D eigenvalue weighted by Crippen LogP contribution is 2.04. The van der Waals surface area contributed by atoms with E-state index in [1.165, 1.54) is 11.1 Å². The quantitative estimate of drug-likeness (QED) is 0.375. The second-order valence-corrected chi connectivity index (χ2v) is 6.20. The molecule has 1 amide bonds. The van der Waals surface area contributed by atoms with E-state index in [9.17, 15) is 4.79 Å². The third kappa shape index (κ3) is 9.37. The number of aryl methyl sites for hydroxylation is 1. The molecule has 0 aliphatic heterocycles. The highest BCUT2D eigenvalue weighted by Gasteiger charge is 2.13. The van der Waals surface area contributed by atoms with Gasteiger partial charge in [0.15, 0.2) is 5.96 Å². The summed E-state index contributed by atoms with van der Waals surface area (Å²) in [6.45, 7) is 8.85. The minimum absolute atomic E-state index is 0. The van der Waals surface area contributed by atoms with Crippen molar-refractivity contribution in [3.8, 4) is 0 Å². The van der Waals surface area contributed by atoms with Crippen molar-refractivity contribution in [2.75, 3.05) is 20.1 Å². The van der Waals surface area contributed by atoms with Crippen LogP contribution in [0, 0.1) is 6.92 Å². The summed E-state index contributed by atoms with van der Waals surface area (Å²) in [7, 11) is 1.69. The van der Waals surface area contributed by atoms with Crippen LogP contribution < -0.4 is 16.0 Å². The summed E-state index contributed by atoms with van der Waals surface area (Å²) in [5, 5.41) is 9.11. The van der Waals surface area contributed by atoms with Gasteiger partial charge in [-0.15, -0.1) is 24.0 Å². The second kappa shape index (κ2) is 10.4. The Kier molecular flexibility index (Phi) is 9.78. The summed E-state index contributed by atoms with van der Waals surface area (Å²) in [5.41, 5.74) is 2.20. The van der Waals surface area contributed by atoms with Crippen molar-refractivity contribution < 1.29 is 4.79 Å². The van der Waals surface area contributed by atoms with Gasteiger partial charge in [0.2, 0.25) is 5.91 Å². The van der Waals surface area contributed by atoms with Gasteiger partial charge in [0, 0.05) is 31.5 Å². The van der Waals surface area contributed by atoms with Crippen molar-refractivity contribution >= 4 is 35.8 Å². The Morgan fingerprint density at radius 1 is 1.30 bits per heavy atom. The highest BCUT2D eigenvalue weighted by molar-refractivity contribution is 14.0. The normalized spacial score (nSPS) is 11.4. The number of hydrogen-bond donors (Lipinski definition) is 3. The zero-order valence-electron chi connectivity index (χ0n) is 14.6. The van der Waals surface area contributed by atoms with Gasteiger partial charge in [-0.3, -0.25) is 14.8 Å². The molecule has 1 aromatic rings. The van der Waals surface area contributed by atoms with Crippen LogP contribution in [-0.2, 0) is 11.2 Å². The number of guanidine groups is 1. The highest BCUT2D eigenvalue weighted by atomic mass is 127. The molecule has 7 heteroatoms. The summed E-state index contributed by atoms with van der Waals surface area (Å²) in [6, 6.07) is 2.02. The molecule has 1 rings (SSSR count). The molecule has 0 spiro atoms. The number of carbonyl (C=O) groups is 1. The molecule has 0 aliphatic carbocycles. The Morgan fingerprint density at radius 2 is 2.00 bits per heavy atom. The van der Waals surface area contributed by atoms with Gasteiger partial charge in [-0.25, -0.2) is 0 Å². The molecule has 0 saturated heterocycles. The van der Waals surface area contributed by atoms with E-state index in [1.807, 2.05) is 40.0 Å². The number of halogens is 1. The van der Waals surface area contributed by atoms with E-state index in [4.69, 9.17) is 0 Å². The number of amides is 1. The molecule has 0 fully saturated rings. The Bertz CT molecular complexity index is 525. The minimum atomic E-state index is -0.228. The number of rotatable bonds is 5. The van der Waals surface area contributed by atoms with E-state index in [0.717, 1.165) is 13.0 Å². The van der Waals surface area contributed by atoms with E-state index in [1.54, 1.807) is 13.2 Å². The number of aromatic nitrogens is 1. The zero-order chi connectivity index (χ0) is 16.6. The van der Waals surface area contributed by atoms with Gasteiger partial charge in [0.25, 0.3) is 0 Å². The second-order valence-electron chi connectivity index (χ2n) is 6.20. The number of nitrogens with zero attached hydrogens (tertiary/aromatic N) is 2. The van der Waals surface area contributed by atoms with E-state index in [-0.39, 0.29) is 42.0 Å². The van der Waals surface area contributed by atoms with Gasteiger partial charge < -0.3 is 16.0 Å². The van der Waals surface area contributed by atoms with Crippen LogP contribution >= 0.6 is 24.0 Å². The summed E-state index contributed by atoms with van der Waals surface area (Å²) in [5.74, 6) is 0.566. The molecule has 130 valence electrons. The van der Waals surface area contributed by atoms with Crippen molar-refractivity contribution in [2.24, 2.45) is 4.99 Å². The molecule has 0 bridgehead atoms. The minimum Gasteiger partial charge on any atom is -0.356 e. The van der Waals surface area contributed by atoms with Gasteiger partial charge in [0.1, 0.15) is 0 Å². The first-order valence-electron chi connectivity index (χ1n) is 7.47. The summed E-state index contributed by atoms with van der Waals surface area (Å²) in [6.07, 6.45) is 4.54. The Labute approximate surface area is 156 Å². The monoisotopic (exact) mass is 433 g/mol. The lowest BCUT2D eigenvalue weighted by molar-refractivity contribution is -0.121. The molecule has 0 unspecified atom stereocenters. The molecule has 23 heavy (non-hydrogen) atoms. The topological polar surface area (TPSA) is 78.4 Å². The Morgan fingerprint density at radius 3 is 2.57 bits per heavy atom. The lowest BCUT2D eigenvalue weighted by atomic mass is 10.1. The van der Waals surface area contributed by atoms with Crippen molar-refractivity contribution in [1.82, 2.24) is 20.9 Å². The smallest absolute Gasteiger partial charge is 0.239 e. The fourth-order valence-electron chi connectivity index (χ4n) is 1.95. The fraction of sp³-hybridized carbons (Fsp3) is 0.562. The Hall–Kier alpha value is -1.38. The molecule has 1 heterocycles. The van der Waals surface area contributed by atoms with Gasteiger partial charge in [-0.05, 0) is 51.3 Å². The molecule has 0 atom stereocenters. The summed E-state index contributed by atoms with van der Waals surface area (Å²) < 4.78 is 0. The van der Waals surface area contributed by atoms with Crippen LogP contribution in [0.5, 0.6) is 0 Å². The van der Waals surface area contributed by atoms with Crippen molar-refractivity contribution in [2.45, 2.75) is 39.7 Å². The standard InChI is InChI=1S/C16H27N5O.HI/c1-12-10-18-8-6-13(12)7-9-19-15(17-5)20-11-14(22)21-16(2,3)4;/h6,8,10H,7,9,11H2,1-5H3,(H,21,22)(H2,17,19,20);1H. The van der Waals surface area contributed by atoms with E-state index >= 15 is 0 Å². The number of hydrogen-bond acceptors (Lipinski definition) is 3. The largest absolute Gasteiger partial charge is 0.356 e. The average molecular weight is 433 g/mol. The van der Waals surface area contributed by atoms with E-state index in [0.29, 0.717) is 5.96 Å². The lowest BCUT2D eigenvalue weighted by Crippen LogP contribution is -2.48. The number of aliphatic imine (C=N–C) groups is 1. The first-order valence-corrected chi connectivity index (χ1v) is 7.47. The fourth-order valence-corrected chi connectivity index (χ4v) is 1.95. The average Bonchev–Trinajstić information content (AvgIpc) is 2.42. The van der Waals surface area contributed by atoms with Crippen LogP contribution in [0.1, 0.15) is 31.9 Å². The molecule has 0 saturated carbocycles. The van der Waals surface area contributed by atoms with E-state index < -0.39 is 0 Å². The maximum absolute atomic E-state index is 11.8. The van der Waals surface area contributed by atoms with Gasteiger partial charge in [-0.1, -0.05) is 0 Å². The van der Waals surface area contributed by atoms with Crippen LogP contribution in [0.2, 0.25) is 0 Å². The molecule has 0 aromatic carbocycles.